The Morgan fingerprint density at radius 1 is 1.00 bits per heavy atom. The van der Waals surface area contributed by atoms with Crippen molar-refractivity contribution in [2.24, 2.45) is 5.73 Å². The number of carbonyl (C=O) groups excluding carboxylic acids is 1. The molecule has 0 unspecified atom stereocenters. The Kier molecular flexibility index (Phi) is 8.60. The summed E-state index contributed by atoms with van der Waals surface area (Å²) in [6.07, 6.45) is 0. The average Bonchev–Trinajstić information content (AvgIpc) is 2.46. The first-order chi connectivity index (χ1) is 8.79. The summed E-state index contributed by atoms with van der Waals surface area (Å²) in [6, 6.07) is 17.1. The maximum atomic E-state index is 11.8. The number of amides is 1. The van der Waals surface area contributed by atoms with E-state index in [1.807, 2.05) is 42.5 Å². The van der Waals surface area contributed by atoms with Crippen LogP contribution in [0.5, 0.6) is 0 Å². The fraction of sp³-hybridized carbons (Fsp3) is 0.133. The Hall–Kier alpha value is -1.59. The molecule has 0 aliphatic rings. The van der Waals surface area contributed by atoms with Crippen LogP contribution in [-0.4, -0.2) is 11.4 Å². The third kappa shape index (κ3) is 5.19. The van der Waals surface area contributed by atoms with Crippen molar-refractivity contribution in [3.8, 4) is 0 Å². The van der Waals surface area contributed by atoms with E-state index in [0.29, 0.717) is 18.7 Å². The number of carbonyl (C=O) groups is 1. The van der Waals surface area contributed by atoms with Gasteiger partial charge in [0.25, 0.3) is 5.91 Å². The molecule has 0 spiro atoms. The van der Waals surface area contributed by atoms with Gasteiger partial charge < -0.3 is 16.5 Å². The van der Waals surface area contributed by atoms with Crippen LogP contribution < -0.4 is 11.1 Å². The van der Waals surface area contributed by atoms with Crippen LogP contribution in [0, 0.1) is 0 Å². The van der Waals surface area contributed by atoms with Gasteiger partial charge in [0.1, 0.15) is 0 Å². The number of hydrogen-bond acceptors (Lipinski definition) is 2. The molecule has 0 saturated carbocycles. The summed E-state index contributed by atoms with van der Waals surface area (Å²) >= 11 is 0. The fourth-order valence-electron chi connectivity index (χ4n) is 1.74. The molecule has 20 heavy (non-hydrogen) atoms. The summed E-state index contributed by atoms with van der Waals surface area (Å²) in [6.45, 7) is 1.03. The second kappa shape index (κ2) is 9.34. The van der Waals surface area contributed by atoms with Crippen LogP contribution in [0.3, 0.4) is 0 Å². The number of rotatable bonds is 4. The Labute approximate surface area is 130 Å². The number of hydrogen-bond donors (Lipinski definition) is 2. The Bertz CT molecular complexity index is 532. The van der Waals surface area contributed by atoms with E-state index >= 15 is 0 Å². The van der Waals surface area contributed by atoms with Crippen molar-refractivity contribution in [3.63, 3.8) is 0 Å². The molecule has 0 aliphatic carbocycles. The van der Waals surface area contributed by atoms with Crippen LogP contribution in [0.4, 0.5) is 0 Å². The summed E-state index contributed by atoms with van der Waals surface area (Å²) in [5, 5.41) is 2.89. The molecule has 0 aliphatic heterocycles. The average molecular weight is 309 g/mol. The summed E-state index contributed by atoms with van der Waals surface area (Å²) in [5.41, 5.74) is 8.38. The van der Waals surface area contributed by atoms with E-state index < -0.39 is 0 Å². The smallest absolute Gasteiger partial charge is 0.251 e. The minimum absolute atomic E-state index is 0. The van der Waals surface area contributed by atoms with Gasteiger partial charge in [0.2, 0.25) is 0 Å². The zero-order valence-electron chi connectivity index (χ0n) is 11.0. The second-order valence-electron chi connectivity index (χ2n) is 4.07. The van der Waals surface area contributed by atoms with Gasteiger partial charge in [-0.15, -0.1) is 0 Å². The van der Waals surface area contributed by atoms with Crippen LogP contribution in [0.2, 0.25) is 0 Å². The van der Waals surface area contributed by atoms with Crippen molar-refractivity contribution in [1.29, 1.82) is 0 Å². The van der Waals surface area contributed by atoms with Crippen LogP contribution in [-0.2, 0) is 31.6 Å². The third-order valence-corrected chi connectivity index (χ3v) is 2.72. The molecule has 0 fully saturated rings. The molecule has 0 aromatic heterocycles. The zero-order chi connectivity index (χ0) is 12.8. The molecule has 0 atom stereocenters. The molecule has 0 bridgehead atoms. The first kappa shape index (κ1) is 18.4. The molecule has 5 heteroatoms. The van der Waals surface area contributed by atoms with E-state index in [1.54, 1.807) is 12.1 Å². The predicted octanol–water partition coefficient (Wildman–Crippen LogP) is 1.25. The van der Waals surface area contributed by atoms with Crippen molar-refractivity contribution in [2.45, 2.75) is 13.1 Å². The molecule has 2 aromatic carbocycles. The first-order valence-electron chi connectivity index (χ1n) is 5.91. The SMILES string of the molecule is NCc1cccc(CNC(=O)c2ccccc2)c1.O.[V]. The maximum absolute atomic E-state index is 11.8. The van der Waals surface area contributed by atoms with Gasteiger partial charge in [-0.1, -0.05) is 42.5 Å². The molecular formula is C15H18N2O2V. The third-order valence-electron chi connectivity index (χ3n) is 2.72. The van der Waals surface area contributed by atoms with Gasteiger partial charge in [-0.2, -0.15) is 0 Å². The van der Waals surface area contributed by atoms with Gasteiger partial charge in [0.05, 0.1) is 0 Å². The summed E-state index contributed by atoms with van der Waals surface area (Å²) in [7, 11) is 0. The van der Waals surface area contributed by atoms with Gasteiger partial charge >= 0.3 is 0 Å². The molecule has 2 aromatic rings. The minimum Gasteiger partial charge on any atom is -0.412 e. The largest absolute Gasteiger partial charge is 0.412 e. The second-order valence-corrected chi connectivity index (χ2v) is 4.07. The van der Waals surface area contributed by atoms with Gasteiger partial charge in [0.15, 0.2) is 0 Å². The summed E-state index contributed by atoms with van der Waals surface area (Å²) in [5.74, 6) is -0.0613. The zero-order valence-corrected chi connectivity index (χ0v) is 12.4. The molecular weight excluding hydrogens is 291 g/mol. The fourth-order valence-corrected chi connectivity index (χ4v) is 1.74. The molecule has 0 heterocycles. The van der Waals surface area contributed by atoms with E-state index in [2.05, 4.69) is 5.32 Å². The number of nitrogens with one attached hydrogen (secondary N) is 1. The van der Waals surface area contributed by atoms with Crippen molar-refractivity contribution in [2.75, 3.05) is 0 Å². The van der Waals surface area contributed by atoms with Gasteiger partial charge in [-0.25, -0.2) is 0 Å². The Morgan fingerprint density at radius 3 is 2.30 bits per heavy atom. The van der Waals surface area contributed by atoms with Crippen LogP contribution in [0.15, 0.2) is 54.6 Å². The molecule has 1 radical (unpaired) electrons. The monoisotopic (exact) mass is 309 g/mol. The summed E-state index contributed by atoms with van der Waals surface area (Å²) in [4.78, 5) is 11.8. The van der Waals surface area contributed by atoms with Crippen molar-refractivity contribution >= 4 is 5.91 Å². The number of benzene rings is 2. The predicted molar refractivity (Wildman–Crippen MR) is 75.6 cm³/mol. The van der Waals surface area contributed by atoms with Gasteiger partial charge in [-0.3, -0.25) is 4.79 Å². The molecule has 4 nitrogen and oxygen atoms in total. The molecule has 2 rings (SSSR count). The topological polar surface area (TPSA) is 86.6 Å². The van der Waals surface area contributed by atoms with E-state index in [-0.39, 0.29) is 29.9 Å². The Morgan fingerprint density at radius 2 is 1.65 bits per heavy atom. The molecule has 105 valence electrons. The van der Waals surface area contributed by atoms with Crippen LogP contribution >= 0.6 is 0 Å². The van der Waals surface area contributed by atoms with Crippen molar-refractivity contribution in [3.05, 3.63) is 71.3 Å². The van der Waals surface area contributed by atoms with Crippen molar-refractivity contribution in [1.82, 2.24) is 5.32 Å². The first-order valence-corrected chi connectivity index (χ1v) is 5.91. The van der Waals surface area contributed by atoms with E-state index in [4.69, 9.17) is 5.73 Å². The molecule has 0 saturated heterocycles. The van der Waals surface area contributed by atoms with E-state index in [0.717, 1.165) is 11.1 Å². The van der Waals surface area contributed by atoms with E-state index in [1.165, 1.54) is 0 Å². The molecule has 5 N–H and O–H groups in total. The Balaban J connectivity index is 0.00000180. The summed E-state index contributed by atoms with van der Waals surface area (Å²) < 4.78 is 0. The number of nitrogens with two attached hydrogens (primary N) is 1. The normalized spacial score (nSPS) is 9.05. The molecule has 1 amide bonds. The van der Waals surface area contributed by atoms with Gasteiger partial charge in [-0.05, 0) is 23.3 Å². The van der Waals surface area contributed by atoms with Crippen LogP contribution in [0.25, 0.3) is 0 Å². The quantitative estimate of drug-likeness (QED) is 0.890. The van der Waals surface area contributed by atoms with Crippen LogP contribution in [0.1, 0.15) is 21.5 Å². The van der Waals surface area contributed by atoms with Gasteiger partial charge in [0, 0.05) is 37.2 Å². The standard InChI is InChI=1S/C15H16N2O.H2O.V/c16-10-12-5-4-6-13(9-12)11-17-15(18)14-7-2-1-3-8-14;;/h1-9H,10-11,16H2,(H,17,18);1H2;. The van der Waals surface area contributed by atoms with E-state index in [9.17, 15) is 4.79 Å². The minimum atomic E-state index is -0.0613. The maximum Gasteiger partial charge on any atom is 0.251 e. The van der Waals surface area contributed by atoms with Crippen molar-refractivity contribution < 1.29 is 28.8 Å².